The van der Waals surface area contributed by atoms with Gasteiger partial charge in [0.15, 0.2) is 0 Å². The molecule has 0 radical (unpaired) electrons. The largest absolute Gasteiger partial charge is 0.481 e. The Morgan fingerprint density at radius 3 is 2.45 bits per heavy atom. The van der Waals surface area contributed by atoms with E-state index in [2.05, 4.69) is 17.1 Å². The van der Waals surface area contributed by atoms with E-state index in [1.807, 2.05) is 0 Å². The van der Waals surface area contributed by atoms with Crippen LogP contribution in [0.1, 0.15) is 64.7 Å². The molecule has 0 aromatic heterocycles. The fourth-order valence-corrected chi connectivity index (χ4v) is 4.82. The lowest BCUT2D eigenvalue weighted by Gasteiger charge is -2.49. The Kier molecular flexibility index (Phi) is 5.40. The molecule has 3 fully saturated rings. The van der Waals surface area contributed by atoms with E-state index in [9.17, 15) is 9.90 Å². The Hall–Kier alpha value is -0.610. The maximum Gasteiger partial charge on any atom is 0.303 e. The zero-order valence-electron chi connectivity index (χ0n) is 14.0. The molecule has 4 heteroatoms. The van der Waals surface area contributed by atoms with Crippen LogP contribution >= 0.6 is 0 Å². The number of carboxylic acids is 1. The lowest BCUT2D eigenvalue weighted by molar-refractivity contribution is -0.138. The number of carbonyl (C=O) groups is 1. The fraction of sp³-hybridized carbons (Fsp3) is 0.944. The van der Waals surface area contributed by atoms with Crippen molar-refractivity contribution in [2.75, 3.05) is 13.1 Å². The SMILES string of the molecule is CC1CCC1N1CC(CC(=O)O)CC(NC2CCCCC2)C1. The molecular weight excluding hydrogens is 276 g/mol. The summed E-state index contributed by atoms with van der Waals surface area (Å²) >= 11 is 0. The molecule has 0 aromatic carbocycles. The molecule has 2 N–H and O–H groups in total. The van der Waals surface area contributed by atoms with Gasteiger partial charge in [-0.15, -0.1) is 0 Å². The number of nitrogens with zero attached hydrogens (tertiary/aromatic N) is 1. The predicted octanol–water partition coefficient (Wildman–Crippen LogP) is 2.87. The minimum absolute atomic E-state index is 0.320. The zero-order chi connectivity index (χ0) is 15.5. The highest BCUT2D eigenvalue weighted by molar-refractivity contribution is 5.67. The summed E-state index contributed by atoms with van der Waals surface area (Å²) in [5.41, 5.74) is 0. The Morgan fingerprint density at radius 2 is 1.86 bits per heavy atom. The van der Waals surface area contributed by atoms with Crippen LogP contribution in [0.5, 0.6) is 0 Å². The summed E-state index contributed by atoms with van der Waals surface area (Å²) in [5.74, 6) is 0.476. The van der Waals surface area contributed by atoms with Crippen molar-refractivity contribution >= 4 is 5.97 Å². The number of aliphatic carboxylic acids is 1. The molecule has 1 saturated heterocycles. The third kappa shape index (κ3) is 4.02. The van der Waals surface area contributed by atoms with Gasteiger partial charge in [-0.2, -0.15) is 0 Å². The average Bonchev–Trinajstić information content (AvgIpc) is 2.45. The second kappa shape index (κ2) is 7.31. The van der Waals surface area contributed by atoms with Gasteiger partial charge >= 0.3 is 5.97 Å². The maximum atomic E-state index is 11.1. The molecule has 0 aromatic rings. The minimum atomic E-state index is -0.634. The number of piperidine rings is 1. The highest BCUT2D eigenvalue weighted by Crippen LogP contribution is 2.35. The van der Waals surface area contributed by atoms with Crippen molar-refractivity contribution in [2.45, 2.75) is 82.8 Å². The smallest absolute Gasteiger partial charge is 0.303 e. The summed E-state index contributed by atoms with van der Waals surface area (Å²) < 4.78 is 0. The predicted molar refractivity (Wildman–Crippen MR) is 87.9 cm³/mol. The van der Waals surface area contributed by atoms with Crippen LogP contribution in [0.2, 0.25) is 0 Å². The van der Waals surface area contributed by atoms with Gasteiger partial charge in [-0.05, 0) is 43.9 Å². The molecule has 3 aliphatic rings. The molecule has 2 aliphatic carbocycles. The Morgan fingerprint density at radius 1 is 1.09 bits per heavy atom. The fourth-order valence-electron chi connectivity index (χ4n) is 4.82. The highest BCUT2D eigenvalue weighted by atomic mass is 16.4. The van der Waals surface area contributed by atoms with Gasteiger partial charge in [0, 0.05) is 37.6 Å². The molecular formula is C18H32N2O2. The van der Waals surface area contributed by atoms with E-state index in [1.165, 1.54) is 44.9 Å². The van der Waals surface area contributed by atoms with Crippen LogP contribution in [-0.2, 0) is 4.79 Å². The van der Waals surface area contributed by atoms with Crippen LogP contribution in [-0.4, -0.2) is 47.2 Å². The molecule has 0 amide bonds. The zero-order valence-corrected chi connectivity index (χ0v) is 14.0. The number of rotatable bonds is 5. The number of likely N-dealkylation sites (tertiary alicyclic amines) is 1. The summed E-state index contributed by atoms with van der Waals surface area (Å²) in [6, 6.07) is 1.87. The number of carboxylic acid groups (broad SMARTS) is 1. The molecule has 126 valence electrons. The third-order valence-electron chi connectivity index (χ3n) is 6.15. The van der Waals surface area contributed by atoms with Crippen LogP contribution in [0.25, 0.3) is 0 Å². The van der Waals surface area contributed by atoms with Crippen molar-refractivity contribution in [3.8, 4) is 0 Å². The molecule has 2 saturated carbocycles. The molecule has 4 atom stereocenters. The molecule has 4 nitrogen and oxygen atoms in total. The summed E-state index contributed by atoms with van der Waals surface area (Å²) in [7, 11) is 0. The maximum absolute atomic E-state index is 11.1. The van der Waals surface area contributed by atoms with E-state index in [-0.39, 0.29) is 0 Å². The first kappa shape index (κ1) is 16.3. The highest BCUT2D eigenvalue weighted by Gasteiger charge is 2.38. The van der Waals surface area contributed by atoms with Crippen molar-refractivity contribution in [1.82, 2.24) is 10.2 Å². The molecule has 0 bridgehead atoms. The van der Waals surface area contributed by atoms with Gasteiger partial charge in [0.05, 0.1) is 0 Å². The van der Waals surface area contributed by atoms with Crippen molar-refractivity contribution in [2.24, 2.45) is 11.8 Å². The standard InChI is InChI=1S/C18H32N2O2/c1-13-7-8-17(13)20-11-14(10-18(21)22)9-16(12-20)19-15-5-3-2-4-6-15/h13-17,19H,2-12H2,1H3,(H,21,22). The number of hydrogen-bond donors (Lipinski definition) is 2. The van der Waals surface area contributed by atoms with Gasteiger partial charge < -0.3 is 10.4 Å². The molecule has 0 spiro atoms. The van der Waals surface area contributed by atoms with Crippen molar-refractivity contribution in [3.63, 3.8) is 0 Å². The van der Waals surface area contributed by atoms with E-state index >= 15 is 0 Å². The lowest BCUT2D eigenvalue weighted by Crippen LogP contribution is -2.58. The molecule has 22 heavy (non-hydrogen) atoms. The normalized spacial score (nSPS) is 37.7. The first-order valence-corrected chi connectivity index (χ1v) is 9.33. The molecule has 4 unspecified atom stereocenters. The van der Waals surface area contributed by atoms with Gasteiger partial charge in [-0.25, -0.2) is 0 Å². The molecule has 3 rings (SSSR count). The quantitative estimate of drug-likeness (QED) is 0.820. The van der Waals surface area contributed by atoms with Gasteiger partial charge in [0.1, 0.15) is 0 Å². The lowest BCUT2D eigenvalue weighted by atomic mass is 9.77. The summed E-state index contributed by atoms with van der Waals surface area (Å²) in [6.07, 6.45) is 10.7. The van der Waals surface area contributed by atoms with E-state index in [1.54, 1.807) is 0 Å². The Bertz CT molecular complexity index is 381. The minimum Gasteiger partial charge on any atom is -0.481 e. The van der Waals surface area contributed by atoms with Crippen LogP contribution in [0.15, 0.2) is 0 Å². The van der Waals surface area contributed by atoms with Gasteiger partial charge in [0.25, 0.3) is 0 Å². The first-order chi connectivity index (χ1) is 10.6. The van der Waals surface area contributed by atoms with Crippen LogP contribution in [0.4, 0.5) is 0 Å². The topological polar surface area (TPSA) is 52.6 Å². The molecule has 1 aliphatic heterocycles. The molecule has 1 heterocycles. The van der Waals surface area contributed by atoms with E-state index in [4.69, 9.17) is 0 Å². The van der Waals surface area contributed by atoms with E-state index in [0.29, 0.717) is 30.5 Å². The second-order valence-electron chi connectivity index (χ2n) is 7.97. The summed E-state index contributed by atoms with van der Waals surface area (Å²) in [5, 5.41) is 13.1. The van der Waals surface area contributed by atoms with Crippen LogP contribution in [0.3, 0.4) is 0 Å². The first-order valence-electron chi connectivity index (χ1n) is 9.33. The third-order valence-corrected chi connectivity index (χ3v) is 6.15. The number of nitrogens with one attached hydrogen (secondary N) is 1. The average molecular weight is 308 g/mol. The van der Waals surface area contributed by atoms with Gasteiger partial charge in [-0.3, -0.25) is 9.69 Å². The summed E-state index contributed by atoms with van der Waals surface area (Å²) in [6.45, 7) is 4.46. The Labute approximate surface area is 134 Å². The number of hydrogen-bond acceptors (Lipinski definition) is 3. The van der Waals surface area contributed by atoms with Gasteiger partial charge in [0.2, 0.25) is 0 Å². The van der Waals surface area contributed by atoms with Crippen molar-refractivity contribution in [1.29, 1.82) is 0 Å². The van der Waals surface area contributed by atoms with Crippen molar-refractivity contribution in [3.05, 3.63) is 0 Å². The van der Waals surface area contributed by atoms with Gasteiger partial charge in [-0.1, -0.05) is 26.2 Å². The summed E-state index contributed by atoms with van der Waals surface area (Å²) in [4.78, 5) is 13.8. The van der Waals surface area contributed by atoms with Crippen LogP contribution in [0, 0.1) is 11.8 Å². The Balaban J connectivity index is 1.59. The monoisotopic (exact) mass is 308 g/mol. The van der Waals surface area contributed by atoms with E-state index < -0.39 is 5.97 Å². The van der Waals surface area contributed by atoms with E-state index in [0.717, 1.165) is 25.4 Å². The van der Waals surface area contributed by atoms with Crippen LogP contribution < -0.4 is 5.32 Å². The second-order valence-corrected chi connectivity index (χ2v) is 7.97. The van der Waals surface area contributed by atoms with Crippen molar-refractivity contribution < 1.29 is 9.90 Å².